The van der Waals surface area contributed by atoms with E-state index in [1.807, 2.05) is 0 Å². The highest BCUT2D eigenvalue weighted by Gasteiger charge is 2.59. The van der Waals surface area contributed by atoms with Crippen LogP contribution in [0.25, 0.3) is 0 Å². The van der Waals surface area contributed by atoms with Crippen molar-refractivity contribution < 1.29 is 47.5 Å². The van der Waals surface area contributed by atoms with E-state index in [0.29, 0.717) is 6.61 Å². The van der Waals surface area contributed by atoms with Crippen LogP contribution in [0.5, 0.6) is 0 Å². The van der Waals surface area contributed by atoms with Gasteiger partial charge >= 0.3 is 17.9 Å². The van der Waals surface area contributed by atoms with Crippen molar-refractivity contribution in [2.24, 2.45) is 0 Å². The molecule has 6 unspecified atom stereocenters. The molecule has 2 saturated heterocycles. The monoisotopic (exact) mass is 578 g/mol. The number of carbonyl (C=O) groups excluding carboxylic acids is 3. The SMILES string of the molecule is CCCCCCCCCCS(C)(C)CCOC1(C)OC2OC(COC(C)=O)C(OC(C)=O)C(OC(C)=O)C2O1. The lowest BCUT2D eigenvalue weighted by atomic mass is 9.98. The highest BCUT2D eigenvalue weighted by molar-refractivity contribution is 8.32. The predicted octanol–water partition coefficient (Wildman–Crippen LogP) is 4.45. The van der Waals surface area contributed by atoms with E-state index in [1.165, 1.54) is 77.9 Å². The number of carbonyl (C=O) groups is 3. The first kappa shape index (κ1) is 33.8. The average molecular weight is 579 g/mol. The number of esters is 3. The summed E-state index contributed by atoms with van der Waals surface area (Å²) in [7, 11) is -0.843. The van der Waals surface area contributed by atoms with Gasteiger partial charge in [0.15, 0.2) is 24.6 Å². The molecule has 10 nitrogen and oxygen atoms in total. The molecule has 0 aromatic heterocycles. The van der Waals surface area contributed by atoms with Crippen LogP contribution in [-0.4, -0.2) is 91.8 Å². The summed E-state index contributed by atoms with van der Waals surface area (Å²) in [5.41, 5.74) is 0. The van der Waals surface area contributed by atoms with E-state index >= 15 is 0 Å². The second-order valence-electron chi connectivity index (χ2n) is 11.1. The standard InChI is InChI=1S/C28H50O10S/c1-8-9-10-11-12-13-14-15-17-39(6,7)18-16-33-28(5)37-26-25(35-22(4)31)24(34-21(3)30)23(19-32-20(2)29)36-27(26)38-28/h23-27H,8-19H2,1-7H3. The third kappa shape index (κ3) is 11.9. The molecule has 0 bridgehead atoms. The van der Waals surface area contributed by atoms with Gasteiger partial charge in [0.2, 0.25) is 0 Å². The molecular weight excluding hydrogens is 528 g/mol. The number of hydrogen-bond acceptors (Lipinski definition) is 10. The molecule has 39 heavy (non-hydrogen) atoms. The van der Waals surface area contributed by atoms with Crippen molar-refractivity contribution >= 4 is 27.9 Å². The number of fused-ring (bicyclic) bond motifs is 1. The van der Waals surface area contributed by atoms with Crippen LogP contribution >= 0.6 is 10.0 Å². The molecule has 2 heterocycles. The van der Waals surface area contributed by atoms with Crippen molar-refractivity contribution in [2.75, 3.05) is 37.2 Å². The van der Waals surface area contributed by atoms with Crippen LogP contribution in [0.4, 0.5) is 0 Å². The Hall–Kier alpha value is -1.40. The van der Waals surface area contributed by atoms with Gasteiger partial charge in [-0.25, -0.2) is 10.0 Å². The Morgan fingerprint density at radius 2 is 1.38 bits per heavy atom. The smallest absolute Gasteiger partial charge is 0.303 e. The summed E-state index contributed by atoms with van der Waals surface area (Å²) in [6, 6.07) is 0. The Kier molecular flexibility index (Phi) is 14.0. The van der Waals surface area contributed by atoms with Gasteiger partial charge in [-0.05, 0) is 24.7 Å². The quantitative estimate of drug-likeness (QED) is 0.139. The molecule has 0 spiro atoms. The molecule has 11 heteroatoms. The molecule has 0 aromatic carbocycles. The second kappa shape index (κ2) is 16.1. The Balaban J connectivity index is 1.92. The van der Waals surface area contributed by atoms with Crippen molar-refractivity contribution in [3.8, 4) is 0 Å². The zero-order valence-electron chi connectivity index (χ0n) is 24.9. The van der Waals surface area contributed by atoms with E-state index in [2.05, 4.69) is 19.4 Å². The average Bonchev–Trinajstić information content (AvgIpc) is 3.16. The number of rotatable bonds is 17. The Labute approximate surface area is 235 Å². The Bertz CT molecular complexity index is 790. The highest BCUT2D eigenvalue weighted by Crippen LogP contribution is 2.43. The molecule has 0 amide bonds. The van der Waals surface area contributed by atoms with Gasteiger partial charge in [0.1, 0.15) is 12.7 Å². The second-order valence-corrected chi connectivity index (χ2v) is 15.4. The van der Waals surface area contributed by atoms with E-state index in [4.69, 9.17) is 33.2 Å². The van der Waals surface area contributed by atoms with Gasteiger partial charge in [-0.3, -0.25) is 19.1 Å². The highest BCUT2D eigenvalue weighted by atomic mass is 32.3. The first-order valence-electron chi connectivity index (χ1n) is 14.2. The van der Waals surface area contributed by atoms with Gasteiger partial charge in [-0.1, -0.05) is 51.9 Å². The fraction of sp³-hybridized carbons (Fsp3) is 0.893. The lowest BCUT2D eigenvalue weighted by Crippen LogP contribution is -2.60. The third-order valence-corrected chi connectivity index (χ3v) is 9.54. The summed E-state index contributed by atoms with van der Waals surface area (Å²) >= 11 is 0. The van der Waals surface area contributed by atoms with Crippen molar-refractivity contribution in [3.05, 3.63) is 0 Å². The molecule has 2 aliphatic heterocycles. The summed E-state index contributed by atoms with van der Waals surface area (Å²) in [6.45, 7) is 7.83. The topological polar surface area (TPSA) is 116 Å². The minimum Gasteiger partial charge on any atom is -0.463 e. The maximum atomic E-state index is 11.9. The fourth-order valence-corrected chi connectivity index (χ4v) is 6.55. The normalized spacial score (nSPS) is 28.9. The van der Waals surface area contributed by atoms with E-state index in [9.17, 15) is 14.4 Å². The molecule has 2 fully saturated rings. The zero-order chi connectivity index (χ0) is 29.1. The van der Waals surface area contributed by atoms with Crippen molar-refractivity contribution in [2.45, 2.75) is 123 Å². The molecule has 2 aliphatic rings. The van der Waals surface area contributed by atoms with Gasteiger partial charge in [0.05, 0.1) is 6.61 Å². The van der Waals surface area contributed by atoms with Crippen LogP contribution in [-0.2, 0) is 47.5 Å². The lowest BCUT2D eigenvalue weighted by Gasteiger charge is -2.40. The van der Waals surface area contributed by atoms with Crippen molar-refractivity contribution in [1.82, 2.24) is 0 Å². The molecule has 0 aromatic rings. The maximum absolute atomic E-state index is 11.9. The van der Waals surface area contributed by atoms with Gasteiger partial charge in [0, 0.05) is 33.4 Å². The third-order valence-electron chi connectivity index (χ3n) is 6.88. The molecule has 0 aliphatic carbocycles. The first-order valence-corrected chi connectivity index (χ1v) is 17.0. The zero-order valence-corrected chi connectivity index (χ0v) is 25.7. The maximum Gasteiger partial charge on any atom is 0.303 e. The van der Waals surface area contributed by atoms with Gasteiger partial charge < -0.3 is 28.4 Å². The number of hydrogen-bond donors (Lipinski definition) is 0. The Morgan fingerprint density at radius 1 is 0.795 bits per heavy atom. The van der Waals surface area contributed by atoms with Crippen LogP contribution in [0, 0.1) is 0 Å². The molecule has 228 valence electrons. The number of ether oxygens (including phenoxy) is 7. The molecule has 2 rings (SSSR count). The van der Waals surface area contributed by atoms with E-state index in [0.717, 1.165) is 5.75 Å². The van der Waals surface area contributed by atoms with Crippen LogP contribution in [0.15, 0.2) is 0 Å². The van der Waals surface area contributed by atoms with Gasteiger partial charge in [-0.15, -0.1) is 0 Å². The predicted molar refractivity (Wildman–Crippen MR) is 148 cm³/mol. The van der Waals surface area contributed by atoms with Crippen LogP contribution in [0.3, 0.4) is 0 Å². The minimum atomic E-state index is -1.45. The lowest BCUT2D eigenvalue weighted by molar-refractivity contribution is -0.342. The van der Waals surface area contributed by atoms with E-state index in [-0.39, 0.29) is 6.61 Å². The summed E-state index contributed by atoms with van der Waals surface area (Å²) < 4.78 is 40.1. The Morgan fingerprint density at radius 3 is 1.97 bits per heavy atom. The summed E-state index contributed by atoms with van der Waals surface area (Å²) in [5, 5.41) is 0. The van der Waals surface area contributed by atoms with E-state index < -0.39 is 64.6 Å². The molecule has 0 N–H and O–H groups in total. The summed E-state index contributed by atoms with van der Waals surface area (Å²) in [6.07, 6.45) is 10.1. The number of unbranched alkanes of at least 4 members (excludes halogenated alkanes) is 7. The minimum absolute atomic E-state index is 0.217. The molecule has 6 atom stereocenters. The summed E-state index contributed by atoms with van der Waals surface area (Å²) in [4.78, 5) is 35.2. The van der Waals surface area contributed by atoms with Crippen molar-refractivity contribution in [1.29, 1.82) is 0 Å². The van der Waals surface area contributed by atoms with Crippen LogP contribution in [0.2, 0.25) is 0 Å². The summed E-state index contributed by atoms with van der Waals surface area (Å²) in [5.74, 6) is -1.09. The molecule has 0 radical (unpaired) electrons. The fourth-order valence-electron chi connectivity index (χ4n) is 4.83. The van der Waals surface area contributed by atoms with Gasteiger partial charge in [0.25, 0.3) is 5.97 Å². The van der Waals surface area contributed by atoms with Crippen LogP contribution < -0.4 is 0 Å². The first-order chi connectivity index (χ1) is 18.4. The van der Waals surface area contributed by atoms with Gasteiger partial charge in [-0.2, -0.15) is 0 Å². The largest absolute Gasteiger partial charge is 0.463 e. The van der Waals surface area contributed by atoms with Crippen molar-refractivity contribution in [3.63, 3.8) is 0 Å². The molecule has 0 saturated carbocycles. The van der Waals surface area contributed by atoms with E-state index in [1.54, 1.807) is 6.92 Å². The molecular formula is C28H50O10S. The van der Waals surface area contributed by atoms with Crippen LogP contribution in [0.1, 0.15) is 86.0 Å².